The molecule has 0 bridgehead atoms. The van der Waals surface area contributed by atoms with Gasteiger partial charge >= 0.3 is 0 Å². The Balaban J connectivity index is 1.79. The summed E-state index contributed by atoms with van der Waals surface area (Å²) in [6.07, 6.45) is 1.82. The first-order valence-electron chi connectivity index (χ1n) is 7.35. The highest BCUT2D eigenvalue weighted by Gasteiger charge is 2.12. The predicted molar refractivity (Wildman–Crippen MR) is 90.2 cm³/mol. The third-order valence-electron chi connectivity index (χ3n) is 3.41. The Morgan fingerprint density at radius 3 is 2.60 bits per heavy atom. The lowest BCUT2D eigenvalue weighted by atomic mass is 10.1. The minimum absolute atomic E-state index is 0.273. The minimum atomic E-state index is 0.273. The highest BCUT2D eigenvalue weighted by molar-refractivity contribution is 7.99. The van der Waals surface area contributed by atoms with Crippen molar-refractivity contribution in [2.45, 2.75) is 24.7 Å². The Bertz CT molecular complexity index is 413. The summed E-state index contributed by atoms with van der Waals surface area (Å²) in [6, 6.07) is 8.11. The van der Waals surface area contributed by atoms with E-state index in [2.05, 4.69) is 24.0 Å². The van der Waals surface area contributed by atoms with Crippen LogP contribution >= 0.6 is 23.5 Å². The normalized spacial score (nSPS) is 16.2. The van der Waals surface area contributed by atoms with E-state index in [9.17, 15) is 4.79 Å². The fourth-order valence-corrected chi connectivity index (χ4v) is 3.93. The van der Waals surface area contributed by atoms with Crippen LogP contribution in [0.3, 0.4) is 0 Å². The summed E-state index contributed by atoms with van der Waals surface area (Å²) in [5, 5.41) is 0. The second kappa shape index (κ2) is 8.75. The maximum atomic E-state index is 12.2. The lowest BCUT2D eigenvalue weighted by molar-refractivity contribution is 0.0966. The first kappa shape index (κ1) is 15.9. The first-order valence-corrected chi connectivity index (χ1v) is 9.50. The molecule has 0 aromatic heterocycles. The molecule has 1 aromatic rings. The lowest BCUT2D eigenvalue weighted by Gasteiger charge is -2.25. The second-order valence-electron chi connectivity index (χ2n) is 5.00. The number of benzene rings is 1. The van der Waals surface area contributed by atoms with Gasteiger partial charge in [0, 0.05) is 48.0 Å². The van der Waals surface area contributed by atoms with Crippen LogP contribution in [0.1, 0.15) is 30.1 Å². The van der Waals surface area contributed by atoms with Crippen LogP contribution in [0.4, 0.5) is 0 Å². The molecule has 20 heavy (non-hydrogen) atoms. The number of nitrogens with zero attached hydrogens (tertiary/aromatic N) is 1. The van der Waals surface area contributed by atoms with Crippen molar-refractivity contribution >= 4 is 29.3 Å². The van der Waals surface area contributed by atoms with E-state index < -0.39 is 0 Å². The number of thioether (sulfide) groups is 2. The zero-order chi connectivity index (χ0) is 14.2. The molecule has 1 aromatic carbocycles. The van der Waals surface area contributed by atoms with Gasteiger partial charge in [0.25, 0.3) is 0 Å². The molecule has 1 aliphatic heterocycles. The Kier molecular flexibility index (Phi) is 6.97. The van der Waals surface area contributed by atoms with Crippen molar-refractivity contribution in [3.63, 3.8) is 0 Å². The molecular formula is C16H23NOS2. The summed E-state index contributed by atoms with van der Waals surface area (Å²) < 4.78 is 0. The van der Waals surface area contributed by atoms with Crippen LogP contribution in [0.15, 0.2) is 29.2 Å². The maximum absolute atomic E-state index is 12.2. The van der Waals surface area contributed by atoms with E-state index in [0.717, 1.165) is 31.0 Å². The van der Waals surface area contributed by atoms with E-state index >= 15 is 0 Å². The summed E-state index contributed by atoms with van der Waals surface area (Å²) in [4.78, 5) is 15.8. The van der Waals surface area contributed by atoms with Gasteiger partial charge in [-0.3, -0.25) is 4.79 Å². The summed E-state index contributed by atoms with van der Waals surface area (Å²) in [5.41, 5.74) is 0.859. The monoisotopic (exact) mass is 309 g/mol. The van der Waals surface area contributed by atoms with E-state index in [1.807, 2.05) is 35.7 Å². The quantitative estimate of drug-likeness (QED) is 0.563. The molecule has 0 spiro atoms. The Morgan fingerprint density at radius 2 is 1.95 bits per heavy atom. The number of Topliss-reactive ketones (excluding diaryl/α,β-unsaturated/α-hetero) is 1. The Morgan fingerprint density at radius 1 is 1.25 bits per heavy atom. The van der Waals surface area contributed by atoms with Crippen LogP contribution in [-0.2, 0) is 0 Å². The van der Waals surface area contributed by atoms with Crippen molar-refractivity contribution in [2.24, 2.45) is 0 Å². The SMILES string of the molecule is CCCSc1ccc(C(=O)CCN2CCSCC2)cc1. The summed E-state index contributed by atoms with van der Waals surface area (Å²) in [7, 11) is 0. The highest BCUT2D eigenvalue weighted by Crippen LogP contribution is 2.19. The van der Waals surface area contributed by atoms with Crippen LogP contribution in [0.5, 0.6) is 0 Å². The van der Waals surface area contributed by atoms with Gasteiger partial charge in [-0.1, -0.05) is 19.1 Å². The molecule has 1 heterocycles. The Hall–Kier alpha value is -0.450. The van der Waals surface area contributed by atoms with Crippen molar-refractivity contribution in [3.8, 4) is 0 Å². The van der Waals surface area contributed by atoms with Crippen LogP contribution < -0.4 is 0 Å². The van der Waals surface area contributed by atoms with Crippen molar-refractivity contribution in [1.82, 2.24) is 4.90 Å². The number of carbonyl (C=O) groups excluding carboxylic acids is 1. The fraction of sp³-hybridized carbons (Fsp3) is 0.562. The van der Waals surface area contributed by atoms with Gasteiger partial charge in [-0.2, -0.15) is 11.8 Å². The molecule has 110 valence electrons. The van der Waals surface area contributed by atoms with Gasteiger partial charge in [-0.25, -0.2) is 0 Å². The molecule has 0 saturated carbocycles. The predicted octanol–water partition coefficient (Wildman–Crippen LogP) is 3.81. The fourth-order valence-electron chi connectivity index (χ4n) is 2.19. The number of rotatable bonds is 7. The molecule has 0 aliphatic carbocycles. The third kappa shape index (κ3) is 5.15. The topological polar surface area (TPSA) is 20.3 Å². The summed E-state index contributed by atoms with van der Waals surface area (Å²) >= 11 is 3.86. The molecule has 0 unspecified atom stereocenters. The largest absolute Gasteiger partial charge is 0.301 e. The lowest BCUT2D eigenvalue weighted by Crippen LogP contribution is -2.34. The molecule has 0 N–H and O–H groups in total. The van der Waals surface area contributed by atoms with Crippen LogP contribution in [0.2, 0.25) is 0 Å². The average Bonchev–Trinajstić information content (AvgIpc) is 2.52. The van der Waals surface area contributed by atoms with Gasteiger partial charge in [-0.05, 0) is 24.3 Å². The molecule has 1 saturated heterocycles. The van der Waals surface area contributed by atoms with E-state index in [0.29, 0.717) is 6.42 Å². The maximum Gasteiger partial charge on any atom is 0.164 e. The molecule has 1 fully saturated rings. The van der Waals surface area contributed by atoms with Crippen LogP contribution in [0, 0.1) is 0 Å². The van der Waals surface area contributed by atoms with Gasteiger partial charge in [0.1, 0.15) is 0 Å². The van der Waals surface area contributed by atoms with Crippen molar-refractivity contribution < 1.29 is 4.79 Å². The van der Waals surface area contributed by atoms with Crippen molar-refractivity contribution in [3.05, 3.63) is 29.8 Å². The number of ketones is 1. The molecule has 1 aliphatic rings. The zero-order valence-electron chi connectivity index (χ0n) is 12.1. The van der Waals surface area contributed by atoms with E-state index in [4.69, 9.17) is 0 Å². The molecule has 0 atom stereocenters. The van der Waals surface area contributed by atoms with E-state index in [-0.39, 0.29) is 5.78 Å². The second-order valence-corrected chi connectivity index (χ2v) is 7.39. The standard InChI is InChI=1S/C16H23NOS2/c1-2-11-20-15-5-3-14(4-6-15)16(18)7-8-17-9-12-19-13-10-17/h3-6H,2,7-13H2,1H3. The summed E-state index contributed by atoms with van der Waals surface area (Å²) in [6.45, 7) is 5.35. The van der Waals surface area contributed by atoms with Gasteiger partial charge < -0.3 is 4.90 Å². The van der Waals surface area contributed by atoms with Crippen LogP contribution in [-0.4, -0.2) is 47.6 Å². The number of hydrogen-bond donors (Lipinski definition) is 0. The third-order valence-corrected chi connectivity index (χ3v) is 5.57. The molecule has 2 rings (SSSR count). The van der Waals surface area contributed by atoms with Gasteiger partial charge in [-0.15, -0.1) is 11.8 Å². The van der Waals surface area contributed by atoms with Gasteiger partial charge in [0.05, 0.1) is 0 Å². The molecule has 0 amide bonds. The van der Waals surface area contributed by atoms with Gasteiger partial charge in [0.15, 0.2) is 5.78 Å². The smallest absolute Gasteiger partial charge is 0.164 e. The number of hydrogen-bond acceptors (Lipinski definition) is 4. The van der Waals surface area contributed by atoms with Crippen LogP contribution in [0.25, 0.3) is 0 Å². The summed E-state index contributed by atoms with van der Waals surface area (Å²) in [5.74, 6) is 3.82. The molecular weight excluding hydrogens is 286 g/mol. The van der Waals surface area contributed by atoms with E-state index in [1.165, 1.54) is 22.8 Å². The molecule has 2 nitrogen and oxygen atoms in total. The van der Waals surface area contributed by atoms with E-state index in [1.54, 1.807) is 0 Å². The first-order chi connectivity index (χ1) is 9.79. The zero-order valence-corrected chi connectivity index (χ0v) is 13.8. The van der Waals surface area contributed by atoms with Crippen molar-refractivity contribution in [1.29, 1.82) is 0 Å². The van der Waals surface area contributed by atoms with Gasteiger partial charge in [0.2, 0.25) is 0 Å². The molecule has 0 radical (unpaired) electrons. The number of carbonyl (C=O) groups is 1. The highest BCUT2D eigenvalue weighted by atomic mass is 32.2. The average molecular weight is 310 g/mol. The minimum Gasteiger partial charge on any atom is -0.301 e. The van der Waals surface area contributed by atoms with Crippen molar-refractivity contribution in [2.75, 3.05) is 36.9 Å². The Labute approximate surface area is 130 Å². The molecule has 4 heteroatoms.